The van der Waals surface area contributed by atoms with Crippen molar-refractivity contribution in [3.8, 4) is 33.7 Å². The lowest BCUT2D eigenvalue weighted by Crippen LogP contribution is -2.34. The second-order valence-electron chi connectivity index (χ2n) is 13.0. The Hall–Kier alpha value is -4.38. The molecule has 0 aliphatic rings. The molecule has 43 heavy (non-hydrogen) atoms. The molecule has 0 radical (unpaired) electrons. The van der Waals surface area contributed by atoms with Gasteiger partial charge in [-0.1, -0.05) is 107 Å². The van der Waals surface area contributed by atoms with Crippen LogP contribution in [0.5, 0.6) is 0 Å². The summed E-state index contributed by atoms with van der Waals surface area (Å²) in [4.78, 5) is 4.75. The van der Waals surface area contributed by atoms with Crippen molar-refractivity contribution in [3.63, 3.8) is 0 Å². The third kappa shape index (κ3) is 5.56. The van der Waals surface area contributed by atoms with Gasteiger partial charge in [0.1, 0.15) is 11.5 Å². The van der Waals surface area contributed by atoms with E-state index in [1.807, 2.05) is 54.7 Å². The highest BCUT2D eigenvalue weighted by Gasteiger charge is 2.46. The zero-order valence-corrected chi connectivity index (χ0v) is 25.0. The van der Waals surface area contributed by atoms with Crippen molar-refractivity contribution in [2.24, 2.45) is 5.41 Å². The largest absolute Gasteiger partial charge is 0.454 e. The number of fused-ring (bicyclic) bond motifs is 2. The van der Waals surface area contributed by atoms with Gasteiger partial charge in [-0.05, 0) is 69.1 Å². The number of aromatic nitrogens is 1. The summed E-state index contributed by atoms with van der Waals surface area (Å²) in [6.45, 7) is 9.15. The zero-order valence-electron chi connectivity index (χ0n) is 25.0. The Kier molecular flexibility index (Phi) is 6.95. The molecule has 0 N–H and O–H groups in total. The maximum atomic E-state index is 13.3. The molecule has 0 saturated heterocycles. The summed E-state index contributed by atoms with van der Waals surface area (Å²) in [5, 5.41) is 3.39. The summed E-state index contributed by atoms with van der Waals surface area (Å²) >= 11 is 0. The molecular weight excluding hydrogens is 543 g/mol. The fourth-order valence-electron chi connectivity index (χ4n) is 5.63. The van der Waals surface area contributed by atoms with Crippen LogP contribution in [0.25, 0.3) is 55.4 Å². The van der Waals surface area contributed by atoms with Gasteiger partial charge in [0.15, 0.2) is 5.58 Å². The first-order valence-electron chi connectivity index (χ1n) is 14.5. The van der Waals surface area contributed by atoms with E-state index >= 15 is 0 Å². The Balaban J connectivity index is 1.31. The molecule has 218 valence electrons. The van der Waals surface area contributed by atoms with Crippen LogP contribution in [0.15, 0.2) is 108 Å². The Bertz CT molecular complexity index is 1920. The minimum Gasteiger partial charge on any atom is -0.454 e. The average molecular weight is 578 g/mol. The van der Waals surface area contributed by atoms with Gasteiger partial charge in [0.25, 0.3) is 0 Å². The van der Waals surface area contributed by atoms with E-state index in [4.69, 9.17) is 9.40 Å². The van der Waals surface area contributed by atoms with Crippen molar-refractivity contribution < 1.29 is 17.6 Å². The lowest BCUT2D eigenvalue weighted by atomic mass is 9.82. The first kappa shape index (κ1) is 28.7. The molecule has 6 aromatic rings. The number of furan rings is 1. The van der Waals surface area contributed by atoms with Crippen molar-refractivity contribution >= 4 is 21.7 Å². The molecule has 0 aliphatic carbocycles. The lowest BCUT2D eigenvalue weighted by molar-refractivity contribution is -0.211. The van der Waals surface area contributed by atoms with Crippen LogP contribution in [-0.4, -0.2) is 11.2 Å². The predicted octanol–water partition coefficient (Wildman–Crippen LogP) is 11.4. The van der Waals surface area contributed by atoms with Gasteiger partial charge in [0.2, 0.25) is 0 Å². The van der Waals surface area contributed by atoms with Crippen LogP contribution in [0.1, 0.15) is 45.7 Å². The predicted molar refractivity (Wildman–Crippen MR) is 170 cm³/mol. The molecule has 0 atom stereocenters. The summed E-state index contributed by atoms with van der Waals surface area (Å²) in [7, 11) is 0. The van der Waals surface area contributed by atoms with Gasteiger partial charge >= 0.3 is 6.18 Å². The fourth-order valence-corrected chi connectivity index (χ4v) is 5.63. The van der Waals surface area contributed by atoms with Crippen LogP contribution >= 0.6 is 0 Å². The van der Waals surface area contributed by atoms with Crippen molar-refractivity contribution in [1.82, 2.24) is 4.98 Å². The lowest BCUT2D eigenvalue weighted by Gasteiger charge is -2.27. The Morgan fingerprint density at radius 2 is 1.28 bits per heavy atom. The van der Waals surface area contributed by atoms with Crippen LogP contribution in [0.3, 0.4) is 0 Å². The van der Waals surface area contributed by atoms with E-state index in [2.05, 4.69) is 57.2 Å². The maximum Gasteiger partial charge on any atom is 0.394 e. The first-order valence-corrected chi connectivity index (χ1v) is 14.5. The van der Waals surface area contributed by atoms with E-state index in [-0.39, 0.29) is 11.8 Å². The number of nitrogens with zero attached hydrogens (tertiary/aromatic N) is 1. The van der Waals surface area contributed by atoms with Crippen LogP contribution in [-0.2, 0) is 11.8 Å². The summed E-state index contributed by atoms with van der Waals surface area (Å²) in [6, 6.07) is 32.2. The minimum atomic E-state index is -4.25. The molecular formula is C38H34F3NO. The van der Waals surface area contributed by atoms with Crippen molar-refractivity contribution in [2.75, 3.05) is 0 Å². The number of alkyl halides is 3. The van der Waals surface area contributed by atoms with Gasteiger partial charge < -0.3 is 4.42 Å². The van der Waals surface area contributed by atoms with Crippen molar-refractivity contribution in [1.29, 1.82) is 0 Å². The van der Waals surface area contributed by atoms with Gasteiger partial charge in [-0.15, -0.1) is 0 Å². The zero-order chi connectivity index (χ0) is 30.6. The van der Waals surface area contributed by atoms with Gasteiger partial charge in [0.05, 0.1) is 5.41 Å². The Labute approximate surface area is 250 Å². The Morgan fingerprint density at radius 1 is 0.651 bits per heavy atom. The topological polar surface area (TPSA) is 26.0 Å². The number of pyridine rings is 1. The summed E-state index contributed by atoms with van der Waals surface area (Å²) in [6.07, 6.45) is -2.49. The Morgan fingerprint density at radius 3 is 1.93 bits per heavy atom. The third-order valence-corrected chi connectivity index (χ3v) is 8.25. The van der Waals surface area contributed by atoms with E-state index < -0.39 is 11.6 Å². The highest BCUT2D eigenvalue weighted by molar-refractivity contribution is 5.97. The number of benzene rings is 4. The van der Waals surface area contributed by atoms with Crippen molar-refractivity contribution in [3.05, 3.63) is 114 Å². The normalized spacial score (nSPS) is 12.7. The number of rotatable bonds is 5. The molecule has 2 heterocycles. The van der Waals surface area contributed by atoms with E-state index in [1.165, 1.54) is 30.2 Å². The monoisotopic (exact) mass is 577 g/mol. The quantitative estimate of drug-likeness (QED) is 0.204. The first-order chi connectivity index (χ1) is 20.3. The van der Waals surface area contributed by atoms with Gasteiger partial charge in [0, 0.05) is 22.7 Å². The van der Waals surface area contributed by atoms with E-state index in [9.17, 15) is 13.2 Å². The molecule has 5 heteroatoms. The van der Waals surface area contributed by atoms with Gasteiger partial charge in [-0.2, -0.15) is 13.2 Å². The second kappa shape index (κ2) is 10.4. The summed E-state index contributed by atoms with van der Waals surface area (Å²) < 4.78 is 46.4. The summed E-state index contributed by atoms with van der Waals surface area (Å²) in [5.41, 5.74) is 5.54. The van der Waals surface area contributed by atoms with Gasteiger partial charge in [-0.3, -0.25) is 4.98 Å². The number of hydrogen-bond acceptors (Lipinski definition) is 2. The molecule has 0 bridgehead atoms. The fraction of sp³-hybridized carbons (Fsp3) is 0.237. The van der Waals surface area contributed by atoms with E-state index in [0.29, 0.717) is 5.56 Å². The highest BCUT2D eigenvalue weighted by Crippen LogP contribution is 2.41. The highest BCUT2D eigenvalue weighted by atomic mass is 19.4. The average Bonchev–Trinajstić information content (AvgIpc) is 3.40. The summed E-state index contributed by atoms with van der Waals surface area (Å²) in [5.74, 6) is 0.748. The molecule has 4 aromatic carbocycles. The van der Waals surface area contributed by atoms with Crippen molar-refractivity contribution in [2.45, 2.75) is 52.6 Å². The van der Waals surface area contributed by atoms with Crippen LogP contribution in [0.4, 0.5) is 13.2 Å². The molecule has 0 spiro atoms. The number of hydrogen-bond donors (Lipinski definition) is 0. The molecule has 0 amide bonds. The molecule has 0 unspecified atom stereocenters. The molecule has 0 fully saturated rings. The van der Waals surface area contributed by atoms with Crippen LogP contribution < -0.4 is 0 Å². The molecule has 0 aliphatic heterocycles. The maximum absolute atomic E-state index is 13.3. The molecule has 0 saturated carbocycles. The minimum absolute atomic E-state index is 0.0421. The third-order valence-electron chi connectivity index (χ3n) is 8.25. The standard InChI is InChI=1S/C38H34F3NO/c1-36(2,3)32-21-30(20-28-8-6-7-9-31(28)32)34-35-29(18-19-42-34)22-33(43-35)27-16-14-26(15-17-27)25-12-10-24(11-13-25)23-37(4,5)38(39,40)41/h6-22H,23H2,1-5H3. The second-order valence-corrected chi connectivity index (χ2v) is 13.0. The smallest absolute Gasteiger partial charge is 0.394 e. The molecule has 6 rings (SSSR count). The van der Waals surface area contributed by atoms with Gasteiger partial charge in [-0.25, -0.2) is 0 Å². The van der Waals surface area contributed by atoms with Crippen LogP contribution in [0.2, 0.25) is 0 Å². The van der Waals surface area contributed by atoms with E-state index in [0.717, 1.165) is 44.7 Å². The SMILES string of the molecule is CC(C)(C)c1cc(-c2nccc3cc(-c4ccc(-c5ccc(CC(C)(C)C(F)(F)F)cc5)cc4)oc23)cc2ccccc12. The van der Waals surface area contributed by atoms with E-state index in [1.54, 1.807) is 12.1 Å². The number of halogens is 3. The van der Waals surface area contributed by atoms with Crippen LogP contribution in [0, 0.1) is 5.41 Å². The molecule has 2 nitrogen and oxygen atoms in total. The molecule has 2 aromatic heterocycles.